The number of urea groups is 1. The number of carbonyl (C=O) groups excluding carboxylic acids is 3. The normalized spacial score (nSPS) is 13.2. The highest BCUT2D eigenvalue weighted by atomic mass is 32.1. The van der Waals surface area contributed by atoms with E-state index in [2.05, 4.69) is 20.6 Å². The van der Waals surface area contributed by atoms with Crippen molar-refractivity contribution in [3.05, 3.63) is 46.9 Å². The Morgan fingerprint density at radius 1 is 1.03 bits per heavy atom. The van der Waals surface area contributed by atoms with Gasteiger partial charge in [0.25, 0.3) is 0 Å². The van der Waals surface area contributed by atoms with Crippen LogP contribution in [-0.2, 0) is 9.47 Å². The van der Waals surface area contributed by atoms with E-state index in [9.17, 15) is 14.4 Å². The van der Waals surface area contributed by atoms with Crippen LogP contribution >= 0.6 is 11.3 Å². The van der Waals surface area contributed by atoms with Gasteiger partial charge in [-0.3, -0.25) is 10.3 Å². The lowest BCUT2D eigenvalue weighted by molar-refractivity contribution is 0.0517. The fraction of sp³-hybridized carbons (Fsp3) is 0.407. The molecule has 0 atom stereocenters. The molecule has 0 unspecified atom stereocenters. The van der Waals surface area contributed by atoms with Gasteiger partial charge < -0.3 is 14.8 Å². The first kappa shape index (κ1) is 27.2. The third-order valence-corrected chi connectivity index (χ3v) is 7.08. The standard InChI is InChI=1S/C27H31N5O5S/c1-4-29-27(35)32-23-22(26(34)37-6-3)21(24-31-20(15-38-24)16-9-7-8-10-16)19(14-30-23)17-11-18(13-28-12-17)25(33)36-5-2/h11-16H,4-10H2,1-3H3,(H2,29,30,32,35). The van der Waals surface area contributed by atoms with Gasteiger partial charge in [-0.05, 0) is 39.7 Å². The number of hydrogen-bond acceptors (Lipinski definition) is 9. The smallest absolute Gasteiger partial charge is 0.342 e. The number of nitrogens with zero attached hydrogens (tertiary/aromatic N) is 3. The number of pyridine rings is 2. The van der Waals surface area contributed by atoms with E-state index >= 15 is 0 Å². The molecule has 1 aliphatic rings. The Balaban J connectivity index is 1.92. The number of rotatable bonds is 9. The lowest BCUT2D eigenvalue weighted by atomic mass is 9.97. The summed E-state index contributed by atoms with van der Waals surface area (Å²) in [6.07, 6.45) is 9.04. The van der Waals surface area contributed by atoms with E-state index in [0.29, 0.717) is 34.2 Å². The summed E-state index contributed by atoms with van der Waals surface area (Å²) >= 11 is 1.42. The molecule has 38 heavy (non-hydrogen) atoms. The maximum atomic E-state index is 13.4. The maximum absolute atomic E-state index is 13.4. The Kier molecular flexibility index (Phi) is 9.01. The third kappa shape index (κ3) is 5.99. The third-order valence-electron chi connectivity index (χ3n) is 6.20. The largest absolute Gasteiger partial charge is 0.462 e. The van der Waals surface area contributed by atoms with Crippen molar-refractivity contribution in [1.82, 2.24) is 20.3 Å². The Hall–Kier alpha value is -3.86. The number of ether oxygens (including phenoxy) is 2. The topological polar surface area (TPSA) is 132 Å². The lowest BCUT2D eigenvalue weighted by Gasteiger charge is -2.17. The molecule has 2 amide bonds. The second-order valence-corrected chi connectivity index (χ2v) is 9.58. The molecule has 11 heteroatoms. The minimum atomic E-state index is -0.643. The molecule has 0 bridgehead atoms. The summed E-state index contributed by atoms with van der Waals surface area (Å²) in [5.74, 6) is -0.719. The van der Waals surface area contributed by atoms with Crippen LogP contribution in [0.3, 0.4) is 0 Å². The van der Waals surface area contributed by atoms with E-state index in [1.807, 2.05) is 5.38 Å². The highest BCUT2D eigenvalue weighted by molar-refractivity contribution is 7.13. The molecule has 1 aliphatic carbocycles. The molecule has 10 nitrogen and oxygen atoms in total. The predicted octanol–water partition coefficient (Wildman–Crippen LogP) is 5.42. The fourth-order valence-corrected chi connectivity index (χ4v) is 5.45. The van der Waals surface area contributed by atoms with Crippen molar-refractivity contribution < 1.29 is 23.9 Å². The van der Waals surface area contributed by atoms with Gasteiger partial charge >= 0.3 is 18.0 Å². The van der Waals surface area contributed by atoms with Gasteiger partial charge in [0.1, 0.15) is 16.4 Å². The first-order valence-electron chi connectivity index (χ1n) is 12.8. The van der Waals surface area contributed by atoms with Gasteiger partial charge in [0.2, 0.25) is 0 Å². The van der Waals surface area contributed by atoms with Gasteiger partial charge in [-0.1, -0.05) is 12.8 Å². The Bertz CT molecular complexity index is 1320. The molecule has 3 aromatic rings. The average Bonchev–Trinajstić information content (AvgIpc) is 3.61. The van der Waals surface area contributed by atoms with Gasteiger partial charge in [-0.2, -0.15) is 0 Å². The van der Waals surface area contributed by atoms with Crippen LogP contribution in [0.25, 0.3) is 21.7 Å². The molecule has 2 N–H and O–H groups in total. The summed E-state index contributed by atoms with van der Waals surface area (Å²) in [5.41, 5.74) is 2.87. The van der Waals surface area contributed by atoms with Crippen LogP contribution in [0.15, 0.2) is 30.0 Å². The van der Waals surface area contributed by atoms with Crippen molar-refractivity contribution in [3.8, 4) is 21.7 Å². The first-order chi connectivity index (χ1) is 18.5. The second kappa shape index (κ2) is 12.6. The van der Waals surface area contributed by atoms with E-state index < -0.39 is 18.0 Å². The molecule has 0 saturated heterocycles. The molecule has 1 fully saturated rings. The van der Waals surface area contributed by atoms with Gasteiger partial charge in [-0.15, -0.1) is 11.3 Å². The number of hydrogen-bond donors (Lipinski definition) is 2. The Morgan fingerprint density at radius 3 is 2.47 bits per heavy atom. The van der Waals surface area contributed by atoms with Crippen LogP contribution in [0.5, 0.6) is 0 Å². The summed E-state index contributed by atoms with van der Waals surface area (Å²) in [5, 5.41) is 7.94. The van der Waals surface area contributed by atoms with Gasteiger partial charge in [-0.25, -0.2) is 24.4 Å². The minimum Gasteiger partial charge on any atom is -0.462 e. The van der Waals surface area contributed by atoms with E-state index in [0.717, 1.165) is 18.5 Å². The molecule has 0 aromatic carbocycles. The van der Waals surface area contributed by atoms with Crippen molar-refractivity contribution >= 4 is 35.1 Å². The van der Waals surface area contributed by atoms with Crippen molar-refractivity contribution in [2.45, 2.75) is 52.4 Å². The summed E-state index contributed by atoms with van der Waals surface area (Å²) in [6, 6.07) is 1.14. The van der Waals surface area contributed by atoms with Crippen LogP contribution in [0, 0.1) is 0 Å². The highest BCUT2D eigenvalue weighted by Crippen LogP contribution is 2.42. The van der Waals surface area contributed by atoms with E-state index in [1.54, 1.807) is 39.2 Å². The number of nitrogens with one attached hydrogen (secondary N) is 2. The zero-order valence-corrected chi connectivity index (χ0v) is 22.5. The minimum absolute atomic E-state index is 0.0558. The number of carbonyl (C=O) groups is 3. The molecule has 3 aromatic heterocycles. The average molecular weight is 538 g/mol. The lowest BCUT2D eigenvalue weighted by Crippen LogP contribution is -2.29. The number of amides is 2. The van der Waals surface area contributed by atoms with E-state index in [1.165, 1.54) is 30.4 Å². The van der Waals surface area contributed by atoms with Crippen molar-refractivity contribution in [2.75, 3.05) is 25.1 Å². The zero-order chi connectivity index (χ0) is 27.1. The van der Waals surface area contributed by atoms with Crippen LogP contribution in [0.4, 0.5) is 10.6 Å². The molecule has 1 saturated carbocycles. The number of anilines is 1. The molecule has 0 spiro atoms. The van der Waals surface area contributed by atoms with Gasteiger partial charge in [0, 0.05) is 53.1 Å². The molecular formula is C27H31N5O5S. The molecule has 200 valence electrons. The van der Waals surface area contributed by atoms with E-state index in [-0.39, 0.29) is 30.2 Å². The Morgan fingerprint density at radius 2 is 1.76 bits per heavy atom. The van der Waals surface area contributed by atoms with Crippen molar-refractivity contribution in [1.29, 1.82) is 0 Å². The molecule has 4 rings (SSSR count). The van der Waals surface area contributed by atoms with Crippen LogP contribution in [0.1, 0.15) is 78.8 Å². The second-order valence-electron chi connectivity index (χ2n) is 8.72. The number of esters is 2. The quantitative estimate of drug-likeness (QED) is 0.346. The van der Waals surface area contributed by atoms with Crippen LogP contribution < -0.4 is 10.6 Å². The summed E-state index contributed by atoms with van der Waals surface area (Å²) in [4.78, 5) is 51.8. The summed E-state index contributed by atoms with van der Waals surface area (Å²) in [7, 11) is 0. The molecule has 3 heterocycles. The zero-order valence-electron chi connectivity index (χ0n) is 21.7. The fourth-order valence-electron chi connectivity index (χ4n) is 4.48. The Labute approximate surface area is 225 Å². The maximum Gasteiger partial charge on any atom is 0.342 e. The van der Waals surface area contributed by atoms with Gasteiger partial charge in [0.15, 0.2) is 0 Å². The van der Waals surface area contributed by atoms with Crippen LogP contribution in [0.2, 0.25) is 0 Å². The predicted molar refractivity (Wildman–Crippen MR) is 144 cm³/mol. The SMILES string of the molecule is CCNC(=O)Nc1ncc(-c2cncc(C(=O)OCC)c2)c(-c2nc(C3CCCC3)cs2)c1C(=O)OCC. The first-order valence-corrected chi connectivity index (χ1v) is 13.7. The highest BCUT2D eigenvalue weighted by Gasteiger charge is 2.29. The van der Waals surface area contributed by atoms with Gasteiger partial charge in [0.05, 0.1) is 24.5 Å². The summed E-state index contributed by atoms with van der Waals surface area (Å²) < 4.78 is 10.5. The summed E-state index contributed by atoms with van der Waals surface area (Å²) in [6.45, 7) is 5.99. The number of aromatic nitrogens is 3. The van der Waals surface area contributed by atoms with Crippen LogP contribution in [-0.4, -0.2) is 52.7 Å². The number of thiazole rings is 1. The molecule has 0 aliphatic heterocycles. The molecular weight excluding hydrogens is 506 g/mol. The van der Waals surface area contributed by atoms with Crippen molar-refractivity contribution in [2.24, 2.45) is 0 Å². The monoisotopic (exact) mass is 537 g/mol. The molecule has 0 radical (unpaired) electrons. The van der Waals surface area contributed by atoms with Crippen molar-refractivity contribution in [3.63, 3.8) is 0 Å². The van der Waals surface area contributed by atoms with E-state index in [4.69, 9.17) is 14.5 Å².